The molecule has 0 fully saturated rings. The number of hydrogen-bond acceptors (Lipinski definition) is 2. The maximum absolute atomic E-state index is 5.50. The van der Waals surface area contributed by atoms with E-state index in [1.807, 2.05) is 24.4 Å². The molecule has 1 N–H and O–H groups in total. The van der Waals surface area contributed by atoms with Gasteiger partial charge in [-0.3, -0.25) is 4.57 Å². The zero-order valence-corrected chi connectivity index (χ0v) is 13.2. The topological polar surface area (TPSA) is 33.6 Å². The van der Waals surface area contributed by atoms with Crippen molar-refractivity contribution >= 4 is 23.4 Å². The van der Waals surface area contributed by atoms with Gasteiger partial charge in [0.1, 0.15) is 0 Å². The summed E-state index contributed by atoms with van der Waals surface area (Å²) in [4.78, 5) is 7.73. The first-order valence-electron chi connectivity index (χ1n) is 7.18. The molecule has 3 aromatic rings. The number of fused-ring (bicyclic) bond motifs is 1. The van der Waals surface area contributed by atoms with Crippen LogP contribution in [0, 0.1) is 4.77 Å². The van der Waals surface area contributed by atoms with E-state index in [9.17, 15) is 0 Å². The Labute approximate surface area is 129 Å². The van der Waals surface area contributed by atoms with Gasteiger partial charge in [0.05, 0.1) is 5.52 Å². The van der Waals surface area contributed by atoms with E-state index in [1.54, 1.807) is 0 Å². The lowest BCUT2D eigenvalue weighted by Crippen LogP contribution is -2.27. The molecule has 0 unspecified atom stereocenters. The highest BCUT2D eigenvalue weighted by atomic mass is 32.1. The van der Waals surface area contributed by atoms with Crippen molar-refractivity contribution in [2.75, 3.05) is 0 Å². The fraction of sp³-hybridized carbons (Fsp3) is 0.294. The molecular formula is C17H19N3S. The van der Waals surface area contributed by atoms with Crippen molar-refractivity contribution in [3.05, 3.63) is 59.0 Å². The van der Waals surface area contributed by atoms with E-state index in [1.165, 1.54) is 5.56 Å². The van der Waals surface area contributed by atoms with Crippen LogP contribution in [0.3, 0.4) is 0 Å². The minimum atomic E-state index is -0.0838. The van der Waals surface area contributed by atoms with Crippen LogP contribution in [-0.4, -0.2) is 14.5 Å². The fourth-order valence-electron chi connectivity index (χ4n) is 2.71. The zero-order valence-electron chi connectivity index (χ0n) is 12.3. The summed E-state index contributed by atoms with van der Waals surface area (Å²) >= 11 is 5.50. The lowest BCUT2D eigenvalue weighted by atomic mass is 9.95. The number of benzene rings is 1. The zero-order chi connectivity index (χ0) is 14.9. The first-order valence-corrected chi connectivity index (χ1v) is 7.59. The third-order valence-corrected chi connectivity index (χ3v) is 4.20. The standard InChI is InChI=1S/C17H19N3S/c1-17(2,11-10-13-7-4-3-5-8-13)20-15-14(19-16(20)21)9-6-12-18-15/h3-9,12H,10-11H2,1-2H3,(H,19,21). The van der Waals surface area contributed by atoms with Crippen LogP contribution >= 0.6 is 12.2 Å². The predicted molar refractivity (Wildman–Crippen MR) is 89.0 cm³/mol. The van der Waals surface area contributed by atoms with Gasteiger partial charge >= 0.3 is 0 Å². The second kappa shape index (κ2) is 5.45. The van der Waals surface area contributed by atoms with Crippen LogP contribution in [0.4, 0.5) is 0 Å². The smallest absolute Gasteiger partial charge is 0.179 e. The lowest BCUT2D eigenvalue weighted by molar-refractivity contribution is 0.332. The van der Waals surface area contributed by atoms with Gasteiger partial charge in [-0.1, -0.05) is 30.3 Å². The molecular weight excluding hydrogens is 278 g/mol. The Hall–Kier alpha value is -1.94. The summed E-state index contributed by atoms with van der Waals surface area (Å²) in [5, 5.41) is 0. The van der Waals surface area contributed by atoms with Crippen molar-refractivity contribution < 1.29 is 0 Å². The summed E-state index contributed by atoms with van der Waals surface area (Å²) in [6, 6.07) is 14.5. The van der Waals surface area contributed by atoms with Crippen molar-refractivity contribution in [3.63, 3.8) is 0 Å². The molecule has 3 rings (SSSR count). The second-order valence-electron chi connectivity index (χ2n) is 5.94. The summed E-state index contributed by atoms with van der Waals surface area (Å²) in [5.74, 6) is 0. The molecule has 3 nitrogen and oxygen atoms in total. The van der Waals surface area contributed by atoms with Crippen LogP contribution in [0.25, 0.3) is 11.2 Å². The van der Waals surface area contributed by atoms with Crippen molar-refractivity contribution in [1.29, 1.82) is 0 Å². The van der Waals surface area contributed by atoms with Crippen molar-refractivity contribution in [2.24, 2.45) is 0 Å². The molecule has 1 aromatic carbocycles. The number of imidazole rings is 1. The number of H-pyrrole nitrogens is 1. The van der Waals surface area contributed by atoms with Gasteiger partial charge in [0, 0.05) is 11.7 Å². The summed E-state index contributed by atoms with van der Waals surface area (Å²) in [6.07, 6.45) is 3.85. The molecule has 4 heteroatoms. The van der Waals surface area contributed by atoms with E-state index in [-0.39, 0.29) is 5.54 Å². The van der Waals surface area contributed by atoms with Gasteiger partial charge in [-0.05, 0) is 56.6 Å². The van der Waals surface area contributed by atoms with Crippen molar-refractivity contribution in [1.82, 2.24) is 14.5 Å². The number of nitrogens with zero attached hydrogens (tertiary/aromatic N) is 2. The van der Waals surface area contributed by atoms with Crippen LogP contribution < -0.4 is 0 Å². The van der Waals surface area contributed by atoms with Gasteiger partial charge in [-0.15, -0.1) is 0 Å². The predicted octanol–water partition coefficient (Wildman–Crippen LogP) is 4.46. The monoisotopic (exact) mass is 297 g/mol. The maximum atomic E-state index is 5.50. The number of pyridine rings is 1. The Morgan fingerprint density at radius 2 is 1.90 bits per heavy atom. The minimum absolute atomic E-state index is 0.0838. The number of rotatable bonds is 4. The molecule has 0 atom stereocenters. The molecule has 0 amide bonds. The van der Waals surface area contributed by atoms with Gasteiger partial charge in [-0.2, -0.15) is 0 Å². The van der Waals surface area contributed by atoms with Crippen LogP contribution in [0.15, 0.2) is 48.7 Å². The normalized spacial score (nSPS) is 11.9. The first kappa shape index (κ1) is 14.0. The maximum Gasteiger partial charge on any atom is 0.179 e. The molecule has 0 bridgehead atoms. The average Bonchev–Trinajstić information content (AvgIpc) is 2.83. The summed E-state index contributed by atoms with van der Waals surface area (Å²) in [5.41, 5.74) is 3.19. The molecule has 0 aliphatic heterocycles. The molecule has 0 spiro atoms. The second-order valence-corrected chi connectivity index (χ2v) is 6.32. The lowest BCUT2D eigenvalue weighted by Gasteiger charge is -2.27. The van der Waals surface area contributed by atoms with Gasteiger partial charge in [0.15, 0.2) is 10.4 Å². The molecule has 21 heavy (non-hydrogen) atoms. The third-order valence-electron chi connectivity index (χ3n) is 3.92. The molecule has 0 saturated heterocycles. The van der Waals surface area contributed by atoms with Crippen molar-refractivity contribution in [2.45, 2.75) is 32.2 Å². The van der Waals surface area contributed by atoms with E-state index in [0.717, 1.165) is 28.8 Å². The first-order chi connectivity index (χ1) is 10.1. The van der Waals surface area contributed by atoms with Gasteiger partial charge in [-0.25, -0.2) is 4.98 Å². The van der Waals surface area contributed by atoms with Crippen LogP contribution in [0.5, 0.6) is 0 Å². The van der Waals surface area contributed by atoms with E-state index in [2.05, 4.69) is 52.6 Å². The Bertz CT molecular complexity index is 800. The molecule has 2 heterocycles. The molecule has 0 radical (unpaired) electrons. The summed E-state index contributed by atoms with van der Waals surface area (Å²) < 4.78 is 2.88. The average molecular weight is 297 g/mol. The van der Waals surface area contributed by atoms with E-state index < -0.39 is 0 Å². The Balaban J connectivity index is 1.93. The molecule has 108 valence electrons. The Morgan fingerprint density at radius 1 is 1.14 bits per heavy atom. The van der Waals surface area contributed by atoms with Crippen LogP contribution in [-0.2, 0) is 12.0 Å². The molecule has 0 saturated carbocycles. The molecule has 0 aliphatic carbocycles. The summed E-state index contributed by atoms with van der Waals surface area (Å²) in [6.45, 7) is 4.43. The number of aromatic nitrogens is 3. The van der Waals surface area contributed by atoms with E-state index >= 15 is 0 Å². The number of aromatic amines is 1. The fourth-order valence-corrected chi connectivity index (χ4v) is 3.15. The van der Waals surface area contributed by atoms with Gasteiger partial charge in [0.25, 0.3) is 0 Å². The highest BCUT2D eigenvalue weighted by Gasteiger charge is 2.23. The van der Waals surface area contributed by atoms with Gasteiger partial charge in [0.2, 0.25) is 0 Å². The largest absolute Gasteiger partial charge is 0.329 e. The quantitative estimate of drug-likeness (QED) is 0.721. The van der Waals surface area contributed by atoms with Crippen LogP contribution in [0.1, 0.15) is 25.8 Å². The van der Waals surface area contributed by atoms with Gasteiger partial charge < -0.3 is 4.98 Å². The minimum Gasteiger partial charge on any atom is -0.329 e. The SMILES string of the molecule is CC(C)(CCc1ccccc1)n1c(=S)[nH]c2cccnc21. The molecule has 0 aliphatic rings. The van der Waals surface area contributed by atoms with E-state index in [0.29, 0.717) is 0 Å². The molecule has 2 aromatic heterocycles. The Morgan fingerprint density at radius 3 is 2.67 bits per heavy atom. The van der Waals surface area contributed by atoms with E-state index in [4.69, 9.17) is 12.2 Å². The number of aryl methyl sites for hydroxylation is 1. The summed E-state index contributed by atoms with van der Waals surface area (Å²) in [7, 11) is 0. The number of nitrogens with one attached hydrogen (secondary N) is 1. The van der Waals surface area contributed by atoms with Crippen LogP contribution in [0.2, 0.25) is 0 Å². The Kier molecular flexibility index (Phi) is 3.64. The highest BCUT2D eigenvalue weighted by Crippen LogP contribution is 2.26. The van der Waals surface area contributed by atoms with Crippen molar-refractivity contribution in [3.8, 4) is 0 Å². The number of hydrogen-bond donors (Lipinski definition) is 1. The highest BCUT2D eigenvalue weighted by molar-refractivity contribution is 7.71. The third kappa shape index (κ3) is 2.76.